The van der Waals surface area contributed by atoms with Gasteiger partial charge < -0.3 is 15.0 Å². The van der Waals surface area contributed by atoms with Crippen molar-refractivity contribution in [3.05, 3.63) is 53.3 Å². The average molecular weight is 554 g/mol. The lowest BCUT2D eigenvalue weighted by Gasteiger charge is -2.37. The molecule has 1 amide bonds. The van der Waals surface area contributed by atoms with E-state index in [1.54, 1.807) is 35.1 Å². The van der Waals surface area contributed by atoms with E-state index in [-0.39, 0.29) is 24.1 Å². The molecule has 1 N–H and O–H groups in total. The fourth-order valence-corrected chi connectivity index (χ4v) is 6.68. The van der Waals surface area contributed by atoms with E-state index in [0.29, 0.717) is 53.1 Å². The third-order valence-electron chi connectivity index (χ3n) is 8.36. The summed E-state index contributed by atoms with van der Waals surface area (Å²) in [5.74, 6) is 1.38. The summed E-state index contributed by atoms with van der Waals surface area (Å²) >= 11 is 0. The van der Waals surface area contributed by atoms with Crippen LogP contribution in [0.1, 0.15) is 49.9 Å². The van der Waals surface area contributed by atoms with Crippen molar-refractivity contribution in [2.45, 2.75) is 51.6 Å². The van der Waals surface area contributed by atoms with Gasteiger partial charge in [0.1, 0.15) is 28.7 Å². The van der Waals surface area contributed by atoms with Crippen LogP contribution in [0, 0.1) is 28.6 Å². The summed E-state index contributed by atoms with van der Waals surface area (Å²) in [6.07, 6.45) is -0.565. The minimum Gasteiger partial charge on any atom is -0.444 e. The highest BCUT2D eigenvalue weighted by Gasteiger charge is 2.79. The van der Waals surface area contributed by atoms with Crippen molar-refractivity contribution in [3.63, 3.8) is 0 Å². The Hall–Kier alpha value is -4.01. The predicted octanol–water partition coefficient (Wildman–Crippen LogP) is 5.15. The van der Waals surface area contributed by atoms with Gasteiger partial charge in [-0.3, -0.25) is 4.68 Å². The molecular formula is C28H30F3N7O2. The first kappa shape index (κ1) is 26.2. The molecule has 0 bridgehead atoms. The molecule has 2 saturated carbocycles. The van der Waals surface area contributed by atoms with Gasteiger partial charge in [0.15, 0.2) is 0 Å². The number of halogens is 3. The lowest BCUT2D eigenvalue weighted by Crippen LogP contribution is -2.42. The summed E-state index contributed by atoms with van der Waals surface area (Å²) < 4.78 is 48.3. The number of hydrogen-bond acceptors (Lipinski definition) is 6. The van der Waals surface area contributed by atoms with Crippen LogP contribution in [0.2, 0.25) is 0 Å². The highest BCUT2D eigenvalue weighted by molar-refractivity contribution is 5.73. The lowest BCUT2D eigenvalue weighted by atomic mass is 9.80. The van der Waals surface area contributed by atoms with Crippen LogP contribution in [0.5, 0.6) is 0 Å². The number of piperidine rings is 1. The second kappa shape index (κ2) is 8.74. The molecule has 3 fully saturated rings. The number of carbonyl (C=O) groups is 1. The Morgan fingerprint density at radius 2 is 2.08 bits per heavy atom. The van der Waals surface area contributed by atoms with Crippen molar-refractivity contribution in [1.82, 2.24) is 24.5 Å². The van der Waals surface area contributed by atoms with Gasteiger partial charge >= 0.3 is 12.3 Å². The number of alkyl halides is 3. The first-order valence-corrected chi connectivity index (χ1v) is 13.2. The molecule has 3 aromatic rings. The number of aromatic nitrogens is 4. The number of anilines is 1. The summed E-state index contributed by atoms with van der Waals surface area (Å²) in [6, 6.07) is 7.51. The van der Waals surface area contributed by atoms with Gasteiger partial charge in [-0.15, -0.1) is 0 Å². The number of nitrogens with zero attached hydrogens (tertiary/aromatic N) is 6. The molecule has 4 atom stereocenters. The summed E-state index contributed by atoms with van der Waals surface area (Å²) in [6.45, 7) is 7.06. The van der Waals surface area contributed by atoms with Gasteiger partial charge in [-0.1, -0.05) is 12.1 Å². The summed E-state index contributed by atoms with van der Waals surface area (Å²) in [4.78, 5) is 14.4. The quantitative estimate of drug-likeness (QED) is 0.469. The number of hydrogen-bond donors (Lipinski definition) is 1. The van der Waals surface area contributed by atoms with E-state index < -0.39 is 17.3 Å². The number of ether oxygens (including phenoxy) is 1. The SMILES string of the molecule is CNc1c(C#N)c(-c2cnn(Cc3cccc(C(F)(F)F)c3)c2)nn1[C@@H]1C[C@]23CN(C(=O)OC(C)(C)C)CC2[C@H]13. The van der Waals surface area contributed by atoms with Gasteiger partial charge in [0.05, 0.1) is 24.3 Å². The number of rotatable bonds is 5. The monoisotopic (exact) mass is 553 g/mol. The van der Waals surface area contributed by atoms with Crippen molar-refractivity contribution in [1.29, 1.82) is 5.26 Å². The molecule has 0 radical (unpaired) electrons. The zero-order chi connectivity index (χ0) is 28.6. The summed E-state index contributed by atoms with van der Waals surface area (Å²) in [7, 11) is 1.75. The van der Waals surface area contributed by atoms with Crippen molar-refractivity contribution in [2.24, 2.45) is 17.3 Å². The van der Waals surface area contributed by atoms with Crippen LogP contribution >= 0.6 is 0 Å². The first-order chi connectivity index (χ1) is 18.8. The molecule has 2 aromatic heterocycles. The van der Waals surface area contributed by atoms with Crippen LogP contribution in [0.15, 0.2) is 36.7 Å². The van der Waals surface area contributed by atoms with Gasteiger partial charge in [-0.25, -0.2) is 9.48 Å². The number of benzene rings is 1. The molecule has 1 spiro atoms. The van der Waals surface area contributed by atoms with E-state index in [1.165, 1.54) is 6.07 Å². The van der Waals surface area contributed by atoms with Gasteiger partial charge in [0.25, 0.3) is 0 Å². The topological polar surface area (TPSA) is 101 Å². The molecule has 1 saturated heterocycles. The molecule has 3 aliphatic rings. The number of carbonyl (C=O) groups excluding carboxylic acids is 1. The van der Waals surface area contributed by atoms with Crippen LogP contribution in [-0.2, 0) is 17.5 Å². The second-order valence-corrected chi connectivity index (χ2v) is 12.0. The zero-order valence-corrected chi connectivity index (χ0v) is 22.7. The molecule has 1 aliphatic heterocycles. The largest absolute Gasteiger partial charge is 0.444 e. The molecule has 9 nitrogen and oxygen atoms in total. The van der Waals surface area contributed by atoms with Gasteiger partial charge in [-0.2, -0.15) is 28.6 Å². The fourth-order valence-electron chi connectivity index (χ4n) is 6.68. The van der Waals surface area contributed by atoms with Crippen LogP contribution in [0.3, 0.4) is 0 Å². The van der Waals surface area contributed by atoms with Gasteiger partial charge in [-0.05, 0) is 56.7 Å². The van der Waals surface area contributed by atoms with E-state index in [1.807, 2.05) is 25.5 Å². The minimum absolute atomic E-state index is 0.0847. The smallest absolute Gasteiger partial charge is 0.416 e. The van der Waals surface area contributed by atoms with Crippen LogP contribution in [0.4, 0.5) is 23.8 Å². The third kappa shape index (κ3) is 4.19. The molecule has 2 aliphatic carbocycles. The van der Waals surface area contributed by atoms with Crippen molar-refractivity contribution < 1.29 is 22.7 Å². The van der Waals surface area contributed by atoms with E-state index in [4.69, 9.17) is 9.84 Å². The zero-order valence-electron chi connectivity index (χ0n) is 22.7. The number of nitriles is 1. The molecule has 1 unspecified atom stereocenters. The van der Waals surface area contributed by atoms with E-state index in [9.17, 15) is 23.2 Å². The van der Waals surface area contributed by atoms with E-state index in [2.05, 4.69) is 16.5 Å². The maximum Gasteiger partial charge on any atom is 0.416 e. The lowest BCUT2D eigenvalue weighted by molar-refractivity contribution is -0.137. The molecule has 210 valence electrons. The predicted molar refractivity (Wildman–Crippen MR) is 139 cm³/mol. The van der Waals surface area contributed by atoms with Gasteiger partial charge in [0, 0.05) is 37.3 Å². The highest BCUT2D eigenvalue weighted by atomic mass is 19.4. The Bertz CT molecular complexity index is 1530. The summed E-state index contributed by atoms with van der Waals surface area (Å²) in [5.41, 5.74) is 0.782. The molecule has 12 heteroatoms. The van der Waals surface area contributed by atoms with E-state index >= 15 is 0 Å². The maximum absolute atomic E-state index is 13.1. The molecule has 6 rings (SSSR count). The van der Waals surface area contributed by atoms with E-state index in [0.717, 1.165) is 18.6 Å². The van der Waals surface area contributed by atoms with Crippen LogP contribution in [-0.4, -0.2) is 56.3 Å². The number of fused-ring (bicyclic) bond motifs is 1. The number of nitrogens with one attached hydrogen (secondary N) is 1. The summed E-state index contributed by atoms with van der Waals surface area (Å²) in [5, 5.41) is 22.3. The van der Waals surface area contributed by atoms with Crippen LogP contribution < -0.4 is 5.32 Å². The van der Waals surface area contributed by atoms with Crippen molar-refractivity contribution in [3.8, 4) is 17.3 Å². The Kier molecular flexibility index (Phi) is 5.73. The standard InChI is InChI=1S/C28H30F3N7O2/c1-26(2,3)40-25(39)36-14-20-22-21(9-27(20,22)15-36)38-24(33-4)19(10-32)23(35-38)17-11-34-37(13-17)12-16-6-5-7-18(8-16)28(29,30)31/h5-8,11,13,20-22,33H,9,12,14-15H2,1-4H3/t20?,21-,22-,27+/m1/s1. The van der Waals surface area contributed by atoms with Gasteiger partial charge in [0.2, 0.25) is 0 Å². The van der Waals surface area contributed by atoms with Crippen LogP contribution in [0.25, 0.3) is 11.3 Å². The third-order valence-corrected chi connectivity index (χ3v) is 8.36. The van der Waals surface area contributed by atoms with Crippen molar-refractivity contribution in [2.75, 3.05) is 25.5 Å². The molecule has 3 heterocycles. The number of likely N-dealkylation sites (tertiary alicyclic amines) is 1. The number of amides is 1. The molecule has 40 heavy (non-hydrogen) atoms. The normalized spacial score (nSPS) is 25.1. The Morgan fingerprint density at radius 1 is 1.30 bits per heavy atom. The average Bonchev–Trinajstić information content (AvgIpc) is 3.38. The maximum atomic E-state index is 13.1. The molecule has 1 aromatic carbocycles. The minimum atomic E-state index is -4.42. The second-order valence-electron chi connectivity index (χ2n) is 12.0. The first-order valence-electron chi connectivity index (χ1n) is 13.2. The Labute approximate surface area is 229 Å². The Balaban J connectivity index is 1.20. The highest BCUT2D eigenvalue weighted by Crippen LogP contribution is 2.79. The molecular weight excluding hydrogens is 523 g/mol. The fraction of sp³-hybridized carbons (Fsp3) is 0.500. The Morgan fingerprint density at radius 3 is 2.73 bits per heavy atom. The van der Waals surface area contributed by atoms with Crippen molar-refractivity contribution >= 4 is 11.9 Å².